The van der Waals surface area contributed by atoms with Gasteiger partial charge in [0.1, 0.15) is 5.75 Å². The zero-order chi connectivity index (χ0) is 18.2. The highest BCUT2D eigenvalue weighted by Crippen LogP contribution is 2.31. The second kappa shape index (κ2) is 8.99. The van der Waals surface area contributed by atoms with Gasteiger partial charge in [0, 0.05) is 12.3 Å². The van der Waals surface area contributed by atoms with Crippen LogP contribution in [0.1, 0.15) is 48.5 Å². The fourth-order valence-electron chi connectivity index (χ4n) is 2.81. The summed E-state index contributed by atoms with van der Waals surface area (Å²) in [6.07, 6.45) is 5.45. The monoisotopic (exact) mass is 340 g/mol. The molecule has 1 aromatic carbocycles. The van der Waals surface area contributed by atoms with Gasteiger partial charge < -0.3 is 4.74 Å². The number of hydrogen-bond acceptors (Lipinski definition) is 4. The van der Waals surface area contributed by atoms with E-state index in [-0.39, 0.29) is 5.56 Å². The van der Waals surface area contributed by atoms with Gasteiger partial charge in [0.25, 0.3) is 5.91 Å². The molecule has 0 aliphatic rings. The first kappa shape index (κ1) is 18.7. The zero-order valence-electron chi connectivity index (χ0n) is 14.6. The van der Waals surface area contributed by atoms with Gasteiger partial charge in [0.2, 0.25) is 5.88 Å². The third-order valence-corrected chi connectivity index (χ3v) is 4.43. The first-order chi connectivity index (χ1) is 12.1. The molecule has 1 heterocycles. The molecular formula is C20H24N2O3. The average Bonchev–Trinajstić information content (AvgIpc) is 2.66. The molecule has 0 radical (unpaired) electrons. The molecule has 0 aliphatic heterocycles. The third-order valence-electron chi connectivity index (χ3n) is 4.43. The molecular weight excluding hydrogens is 316 g/mol. The van der Waals surface area contributed by atoms with Gasteiger partial charge in [-0.3, -0.25) is 10.0 Å². The molecule has 0 saturated carbocycles. The van der Waals surface area contributed by atoms with Gasteiger partial charge in [0.15, 0.2) is 0 Å². The second-order valence-electron chi connectivity index (χ2n) is 5.98. The van der Waals surface area contributed by atoms with Gasteiger partial charge in [-0.25, -0.2) is 10.5 Å². The van der Waals surface area contributed by atoms with E-state index in [1.165, 1.54) is 17.8 Å². The summed E-state index contributed by atoms with van der Waals surface area (Å²) in [6, 6.07) is 11.1. The van der Waals surface area contributed by atoms with Crippen molar-refractivity contribution in [1.29, 1.82) is 0 Å². The summed E-state index contributed by atoms with van der Waals surface area (Å²) >= 11 is 0. The lowest BCUT2D eigenvalue weighted by Gasteiger charge is -2.22. The molecule has 2 atom stereocenters. The van der Waals surface area contributed by atoms with Gasteiger partial charge in [-0.2, -0.15) is 0 Å². The normalized spacial score (nSPS) is 12.9. The van der Waals surface area contributed by atoms with Crippen molar-refractivity contribution in [3.8, 4) is 11.6 Å². The Morgan fingerprint density at radius 2 is 2.04 bits per heavy atom. The number of allylic oxidation sites excluding steroid dienone is 1. The maximum Gasteiger partial charge on any atom is 0.276 e. The molecule has 0 spiro atoms. The zero-order valence-corrected chi connectivity index (χ0v) is 14.6. The highest BCUT2D eigenvalue weighted by molar-refractivity contribution is 5.92. The summed E-state index contributed by atoms with van der Waals surface area (Å²) in [6.45, 7) is 8.28. The Morgan fingerprint density at radius 3 is 2.56 bits per heavy atom. The minimum Gasteiger partial charge on any atom is -0.439 e. The summed E-state index contributed by atoms with van der Waals surface area (Å²) in [5.74, 6) is 1.48. The molecule has 5 heteroatoms. The molecule has 1 amide bonds. The van der Waals surface area contributed by atoms with E-state index in [0.717, 1.165) is 12.8 Å². The van der Waals surface area contributed by atoms with Crippen molar-refractivity contribution in [2.45, 2.75) is 32.6 Å². The number of hydrogen-bond donors (Lipinski definition) is 2. The number of nitrogens with zero attached hydrogens (tertiary/aromatic N) is 1. The number of aromatic nitrogens is 1. The van der Waals surface area contributed by atoms with E-state index in [4.69, 9.17) is 9.94 Å². The highest BCUT2D eigenvalue weighted by Gasteiger charge is 2.16. The maximum absolute atomic E-state index is 11.3. The van der Waals surface area contributed by atoms with Crippen LogP contribution < -0.4 is 10.2 Å². The third kappa shape index (κ3) is 4.90. The van der Waals surface area contributed by atoms with Crippen LogP contribution in [0.25, 0.3) is 0 Å². The van der Waals surface area contributed by atoms with E-state index in [0.29, 0.717) is 23.5 Å². The van der Waals surface area contributed by atoms with Crippen LogP contribution in [0.2, 0.25) is 0 Å². The van der Waals surface area contributed by atoms with Crippen molar-refractivity contribution in [3.63, 3.8) is 0 Å². The van der Waals surface area contributed by atoms with Crippen LogP contribution in [0.5, 0.6) is 11.6 Å². The lowest BCUT2D eigenvalue weighted by Crippen LogP contribution is -2.18. The predicted molar refractivity (Wildman–Crippen MR) is 97.0 cm³/mol. The Hall–Kier alpha value is -2.66. The average molecular weight is 340 g/mol. The summed E-state index contributed by atoms with van der Waals surface area (Å²) in [5, 5.41) is 8.59. The van der Waals surface area contributed by atoms with Crippen molar-refractivity contribution in [3.05, 3.63) is 66.4 Å². The largest absolute Gasteiger partial charge is 0.439 e. The Morgan fingerprint density at radius 1 is 1.32 bits per heavy atom. The van der Waals surface area contributed by atoms with E-state index in [9.17, 15) is 4.79 Å². The number of amides is 1. The van der Waals surface area contributed by atoms with Crippen LogP contribution in [-0.2, 0) is 0 Å². The van der Waals surface area contributed by atoms with Crippen LogP contribution in [0.4, 0.5) is 0 Å². The van der Waals surface area contributed by atoms with Gasteiger partial charge in [-0.15, -0.1) is 6.58 Å². The van der Waals surface area contributed by atoms with Crippen molar-refractivity contribution < 1.29 is 14.7 Å². The van der Waals surface area contributed by atoms with Crippen molar-refractivity contribution in [1.82, 2.24) is 10.5 Å². The predicted octanol–water partition coefficient (Wildman–Crippen LogP) is 4.70. The fraction of sp³-hybridized carbons (Fsp3) is 0.300. The molecule has 0 fully saturated rings. The standard InChI is InChI=1S/C20H24N2O3/c1-4-6-15(5-2)14(3)16-7-10-18(11-8-16)25-19-12-9-17(13-21-19)20(23)22-24/h4,7-15,24H,1,5-6H2,2-3H3,(H,22,23). The second-order valence-corrected chi connectivity index (χ2v) is 5.98. The number of hydroxylamine groups is 1. The van der Waals surface area contributed by atoms with Crippen molar-refractivity contribution in [2.75, 3.05) is 0 Å². The number of carbonyl (C=O) groups is 1. The first-order valence-corrected chi connectivity index (χ1v) is 8.38. The summed E-state index contributed by atoms with van der Waals surface area (Å²) < 4.78 is 5.69. The van der Waals surface area contributed by atoms with Crippen LogP contribution in [0.3, 0.4) is 0 Å². The molecule has 5 nitrogen and oxygen atoms in total. The highest BCUT2D eigenvalue weighted by atomic mass is 16.5. The smallest absolute Gasteiger partial charge is 0.276 e. The molecule has 132 valence electrons. The van der Waals surface area contributed by atoms with E-state index < -0.39 is 5.91 Å². The van der Waals surface area contributed by atoms with Crippen LogP contribution in [-0.4, -0.2) is 16.1 Å². The van der Waals surface area contributed by atoms with Crippen molar-refractivity contribution >= 4 is 5.91 Å². The molecule has 1 aromatic heterocycles. The minimum atomic E-state index is -0.609. The Bertz CT molecular complexity index is 696. The van der Waals surface area contributed by atoms with E-state index in [1.807, 2.05) is 18.2 Å². The maximum atomic E-state index is 11.3. The molecule has 0 saturated heterocycles. The quantitative estimate of drug-likeness (QED) is 0.415. The lowest BCUT2D eigenvalue weighted by molar-refractivity contribution is 0.0706. The van der Waals surface area contributed by atoms with E-state index >= 15 is 0 Å². The van der Waals surface area contributed by atoms with Gasteiger partial charge in [-0.05, 0) is 42.0 Å². The number of carbonyl (C=O) groups excluding carboxylic acids is 1. The lowest BCUT2D eigenvalue weighted by atomic mass is 9.84. The van der Waals surface area contributed by atoms with Gasteiger partial charge in [-0.1, -0.05) is 38.5 Å². The first-order valence-electron chi connectivity index (χ1n) is 8.38. The number of rotatable bonds is 8. The van der Waals surface area contributed by atoms with Gasteiger partial charge >= 0.3 is 0 Å². The Kier molecular flexibility index (Phi) is 6.71. The summed E-state index contributed by atoms with van der Waals surface area (Å²) in [7, 11) is 0. The number of pyridine rings is 1. The minimum absolute atomic E-state index is 0.256. The number of ether oxygens (including phenoxy) is 1. The van der Waals surface area contributed by atoms with Crippen molar-refractivity contribution in [2.24, 2.45) is 5.92 Å². The summed E-state index contributed by atoms with van der Waals surface area (Å²) in [4.78, 5) is 15.3. The molecule has 2 rings (SSSR count). The Balaban J connectivity index is 2.04. The fourth-order valence-corrected chi connectivity index (χ4v) is 2.81. The van der Waals surface area contributed by atoms with Crippen LogP contribution in [0, 0.1) is 5.92 Å². The SMILES string of the molecule is C=CCC(CC)C(C)c1ccc(Oc2ccc(C(=O)NO)cn2)cc1. The Labute approximate surface area is 148 Å². The summed E-state index contributed by atoms with van der Waals surface area (Å²) in [5.41, 5.74) is 3.09. The van der Waals surface area contributed by atoms with Crippen LogP contribution >= 0.6 is 0 Å². The molecule has 2 unspecified atom stereocenters. The number of benzene rings is 1. The van der Waals surface area contributed by atoms with Crippen LogP contribution in [0.15, 0.2) is 55.3 Å². The number of nitrogens with one attached hydrogen (secondary N) is 1. The molecule has 0 bridgehead atoms. The topological polar surface area (TPSA) is 71.5 Å². The molecule has 25 heavy (non-hydrogen) atoms. The van der Waals surface area contributed by atoms with E-state index in [2.05, 4.69) is 37.5 Å². The van der Waals surface area contributed by atoms with Gasteiger partial charge in [0.05, 0.1) is 5.56 Å². The molecule has 2 aromatic rings. The molecule has 0 aliphatic carbocycles. The molecule has 2 N–H and O–H groups in total. The van der Waals surface area contributed by atoms with E-state index in [1.54, 1.807) is 11.5 Å².